The zero-order valence-corrected chi connectivity index (χ0v) is 25.5. The Morgan fingerprint density at radius 2 is 0.583 bits per heavy atom. The Morgan fingerprint density at radius 3 is 0.875 bits per heavy atom. The van der Waals surface area contributed by atoms with Gasteiger partial charge in [0.1, 0.15) is 18.2 Å². The summed E-state index contributed by atoms with van der Waals surface area (Å²) in [6.07, 6.45) is 5.08. The summed E-state index contributed by atoms with van der Waals surface area (Å²) in [6.45, 7) is 0. The van der Waals surface area contributed by atoms with Gasteiger partial charge in [0.2, 0.25) is 0 Å². The van der Waals surface area contributed by atoms with Gasteiger partial charge < -0.3 is 0 Å². The highest BCUT2D eigenvalue weighted by Gasteiger charge is 2.14. The maximum atomic E-state index is 9.73. The van der Waals surface area contributed by atoms with Crippen molar-refractivity contribution in [2.75, 3.05) is 0 Å². The second-order valence-electron chi connectivity index (χ2n) is 11.1. The van der Waals surface area contributed by atoms with Crippen molar-refractivity contribution < 1.29 is 0 Å². The van der Waals surface area contributed by atoms with Crippen molar-refractivity contribution in [3.63, 3.8) is 0 Å². The molecule has 0 N–H and O–H groups in total. The molecule has 48 heavy (non-hydrogen) atoms. The third-order valence-corrected chi connectivity index (χ3v) is 8.13. The summed E-state index contributed by atoms with van der Waals surface area (Å²) in [6, 6.07) is 47.9. The summed E-state index contributed by atoms with van der Waals surface area (Å²) < 4.78 is 0. The van der Waals surface area contributed by atoms with Crippen LogP contribution in [0.25, 0.3) is 67.2 Å². The summed E-state index contributed by atoms with van der Waals surface area (Å²) >= 11 is 0. The molecule has 0 unspecified atom stereocenters. The van der Waals surface area contributed by atoms with Crippen LogP contribution in [-0.2, 0) is 0 Å². The molecule has 0 atom stereocenters. The van der Waals surface area contributed by atoms with Gasteiger partial charge in [0.25, 0.3) is 0 Å². The lowest BCUT2D eigenvalue weighted by Gasteiger charge is -2.14. The third-order valence-electron chi connectivity index (χ3n) is 8.13. The van der Waals surface area contributed by atoms with E-state index in [-0.39, 0.29) is 0 Å². The molecule has 0 aliphatic carbocycles. The second kappa shape index (κ2) is 13.0. The van der Waals surface area contributed by atoms with Gasteiger partial charge in [-0.3, -0.25) is 15.0 Å². The molecule has 7 aromatic rings. The molecule has 0 aliphatic rings. The number of hydrogen-bond acceptors (Lipinski definition) is 6. The number of aromatic nitrogens is 3. The van der Waals surface area contributed by atoms with Gasteiger partial charge >= 0.3 is 0 Å². The molecule has 7 rings (SSSR count). The van der Waals surface area contributed by atoms with Gasteiger partial charge in [-0.15, -0.1) is 0 Å². The van der Waals surface area contributed by atoms with Gasteiger partial charge in [0.15, 0.2) is 0 Å². The molecule has 3 heterocycles. The van der Waals surface area contributed by atoms with Crippen LogP contribution >= 0.6 is 0 Å². The van der Waals surface area contributed by atoms with Gasteiger partial charge in [-0.2, -0.15) is 15.8 Å². The molecule has 0 fully saturated rings. The van der Waals surface area contributed by atoms with E-state index in [9.17, 15) is 15.8 Å². The normalized spacial score (nSPS) is 10.4. The van der Waals surface area contributed by atoms with Crippen molar-refractivity contribution in [2.24, 2.45) is 0 Å². The van der Waals surface area contributed by atoms with Crippen LogP contribution in [0.1, 0.15) is 16.7 Å². The fourth-order valence-corrected chi connectivity index (χ4v) is 5.84. The zero-order valence-electron chi connectivity index (χ0n) is 25.5. The second-order valence-corrected chi connectivity index (χ2v) is 11.1. The maximum absolute atomic E-state index is 9.73. The van der Waals surface area contributed by atoms with Crippen molar-refractivity contribution in [3.05, 3.63) is 163 Å². The lowest BCUT2D eigenvalue weighted by Crippen LogP contribution is -1.92. The Hall–Kier alpha value is -7.20. The van der Waals surface area contributed by atoms with E-state index in [0.29, 0.717) is 33.8 Å². The van der Waals surface area contributed by atoms with Crippen molar-refractivity contribution in [1.29, 1.82) is 15.8 Å². The molecule has 0 aliphatic heterocycles. The van der Waals surface area contributed by atoms with Crippen LogP contribution in [0.15, 0.2) is 146 Å². The Balaban J connectivity index is 1.41. The van der Waals surface area contributed by atoms with Crippen LogP contribution in [0.5, 0.6) is 0 Å². The Bertz CT molecular complexity index is 2170. The zero-order chi connectivity index (χ0) is 32.9. The SMILES string of the molecule is N#Cc1cccnc1-c1cccc(-c2cc(-c3cccc(-c4ncccc4C#N)c3)cc(-c3cccc(-c4ncccc4C#N)c3)c2)c1. The lowest BCUT2D eigenvalue weighted by molar-refractivity contribution is 1.30. The van der Waals surface area contributed by atoms with Gasteiger partial charge in [0, 0.05) is 35.3 Å². The number of hydrogen-bond donors (Lipinski definition) is 0. The van der Waals surface area contributed by atoms with E-state index in [4.69, 9.17) is 0 Å². The molecule has 222 valence electrons. The average molecular weight is 613 g/mol. The quantitative estimate of drug-likeness (QED) is 0.185. The first-order valence-corrected chi connectivity index (χ1v) is 15.2. The van der Waals surface area contributed by atoms with Crippen molar-refractivity contribution in [3.8, 4) is 85.4 Å². The summed E-state index contributed by atoms with van der Waals surface area (Å²) in [7, 11) is 0. The molecule has 3 aromatic heterocycles. The van der Waals surface area contributed by atoms with Gasteiger partial charge in [-0.05, 0) is 106 Å². The number of pyridine rings is 3. The number of benzene rings is 4. The lowest BCUT2D eigenvalue weighted by atomic mass is 9.91. The highest BCUT2D eigenvalue weighted by molar-refractivity contribution is 5.85. The van der Waals surface area contributed by atoms with Crippen LogP contribution in [0.4, 0.5) is 0 Å². The molecule has 0 saturated heterocycles. The number of nitriles is 3. The van der Waals surface area contributed by atoms with E-state index >= 15 is 0 Å². The molecule has 0 spiro atoms. The fraction of sp³-hybridized carbons (Fsp3) is 0. The Labute approximate surface area is 278 Å². The molecule has 4 aromatic carbocycles. The first-order chi connectivity index (χ1) is 23.6. The van der Waals surface area contributed by atoms with E-state index in [0.717, 1.165) is 50.1 Å². The predicted molar refractivity (Wildman–Crippen MR) is 187 cm³/mol. The van der Waals surface area contributed by atoms with Crippen molar-refractivity contribution in [2.45, 2.75) is 0 Å². The van der Waals surface area contributed by atoms with Gasteiger partial charge in [0.05, 0.1) is 33.8 Å². The number of rotatable bonds is 6. The highest BCUT2D eigenvalue weighted by atomic mass is 14.7. The smallest absolute Gasteiger partial charge is 0.101 e. The number of nitrogens with zero attached hydrogens (tertiary/aromatic N) is 6. The minimum Gasteiger partial charge on any atom is -0.255 e. The van der Waals surface area contributed by atoms with E-state index < -0.39 is 0 Å². The standard InChI is InChI=1S/C42H24N6/c43-25-34-13-4-16-46-40(34)31-10-1-7-28(19-31)37-22-38(29-8-2-11-32(20-29)41-35(26-44)14-5-17-47-41)24-39(23-37)30-9-3-12-33(21-30)42-36(27-45)15-6-18-48-42/h1-24H. The molecule has 0 saturated carbocycles. The first-order valence-electron chi connectivity index (χ1n) is 15.2. The monoisotopic (exact) mass is 612 g/mol. The maximum Gasteiger partial charge on any atom is 0.101 e. The summed E-state index contributed by atoms with van der Waals surface area (Å²) in [5, 5.41) is 29.2. The van der Waals surface area contributed by atoms with Crippen molar-refractivity contribution >= 4 is 0 Å². The van der Waals surface area contributed by atoms with E-state index in [1.54, 1.807) is 55.0 Å². The Morgan fingerprint density at radius 1 is 0.312 bits per heavy atom. The van der Waals surface area contributed by atoms with Crippen molar-refractivity contribution in [1.82, 2.24) is 15.0 Å². The van der Waals surface area contributed by atoms with Crippen LogP contribution in [0.3, 0.4) is 0 Å². The largest absolute Gasteiger partial charge is 0.255 e. The topological polar surface area (TPSA) is 110 Å². The molecular formula is C42H24N6. The van der Waals surface area contributed by atoms with Crippen LogP contribution < -0.4 is 0 Å². The highest BCUT2D eigenvalue weighted by Crippen LogP contribution is 2.37. The minimum absolute atomic E-state index is 0.509. The summed E-state index contributed by atoms with van der Waals surface area (Å²) in [5.74, 6) is 0. The minimum atomic E-state index is 0.509. The molecule has 6 heteroatoms. The molecule has 0 radical (unpaired) electrons. The van der Waals surface area contributed by atoms with E-state index in [1.165, 1.54) is 0 Å². The average Bonchev–Trinajstić information content (AvgIpc) is 3.17. The van der Waals surface area contributed by atoms with E-state index in [1.807, 2.05) is 54.6 Å². The van der Waals surface area contributed by atoms with Crippen LogP contribution in [0.2, 0.25) is 0 Å². The third kappa shape index (κ3) is 5.80. The predicted octanol–water partition coefficient (Wildman–Crippen LogP) is 9.49. The molecule has 0 bridgehead atoms. The summed E-state index contributed by atoms with van der Waals surface area (Å²) in [5.41, 5.74) is 11.8. The molecular weight excluding hydrogens is 589 g/mol. The first kappa shape index (κ1) is 29.5. The molecule has 6 nitrogen and oxygen atoms in total. The van der Waals surface area contributed by atoms with E-state index in [2.05, 4.69) is 69.6 Å². The fourth-order valence-electron chi connectivity index (χ4n) is 5.84. The summed E-state index contributed by atoms with van der Waals surface area (Å²) in [4.78, 5) is 13.5. The van der Waals surface area contributed by atoms with Crippen LogP contribution in [0, 0.1) is 34.0 Å². The van der Waals surface area contributed by atoms with Crippen LogP contribution in [-0.4, -0.2) is 15.0 Å². The van der Waals surface area contributed by atoms with Gasteiger partial charge in [-0.25, -0.2) is 0 Å². The Kier molecular flexibility index (Phi) is 8.01. The van der Waals surface area contributed by atoms with Gasteiger partial charge in [-0.1, -0.05) is 54.6 Å². The molecule has 0 amide bonds.